The molecule has 6 rings (SSSR count). The molecule has 4 heterocycles. The molecule has 18 heteroatoms. The Morgan fingerprint density at radius 3 is 2.19 bits per heavy atom. The summed E-state index contributed by atoms with van der Waals surface area (Å²) in [6, 6.07) is 7.80. The largest absolute Gasteiger partial charge is 0.477 e. The molecule has 0 atom stereocenters. The van der Waals surface area contributed by atoms with Crippen molar-refractivity contribution in [1.29, 1.82) is 0 Å². The minimum atomic E-state index is -1.77. The Bertz CT molecular complexity index is 2260. The summed E-state index contributed by atoms with van der Waals surface area (Å²) in [5, 5.41) is 22.2. The van der Waals surface area contributed by atoms with Crippen molar-refractivity contribution < 1.29 is 37.4 Å². The molecule has 0 unspecified atom stereocenters. The smallest absolute Gasteiger partial charge is 0.341 e. The number of hydrogen-bond donors (Lipinski definition) is 5. The molecule has 1 aliphatic heterocycles. The molecule has 0 bridgehead atoms. The number of nitrogens with zero attached hydrogens (tertiary/aromatic N) is 4. The molecule has 2 aromatic carbocycles. The topological polar surface area (TPSA) is 199 Å². The van der Waals surface area contributed by atoms with Gasteiger partial charge in [-0.2, -0.15) is 0 Å². The van der Waals surface area contributed by atoms with Crippen molar-refractivity contribution in [2.24, 2.45) is 0 Å². The molecule has 1 fully saturated rings. The summed E-state index contributed by atoms with van der Waals surface area (Å²) in [6.07, 6.45) is 1.98. The average Bonchev–Trinajstić information content (AvgIpc) is 3.01. The van der Waals surface area contributed by atoms with Gasteiger partial charge in [-0.1, -0.05) is 23.7 Å². The first kappa shape index (κ1) is 32.7. The zero-order valence-corrected chi connectivity index (χ0v) is 24.6. The monoisotopic (exact) mass is 675 g/mol. The van der Waals surface area contributed by atoms with Gasteiger partial charge in [-0.25, -0.2) is 32.1 Å². The van der Waals surface area contributed by atoms with Crippen molar-refractivity contribution in [3.05, 3.63) is 103 Å². The molecule has 1 aliphatic rings. The van der Waals surface area contributed by atoms with Crippen LogP contribution >= 0.6 is 11.6 Å². The van der Waals surface area contributed by atoms with Gasteiger partial charge < -0.3 is 32.0 Å². The van der Waals surface area contributed by atoms with Gasteiger partial charge in [0.05, 0.1) is 35.2 Å². The van der Waals surface area contributed by atoms with Gasteiger partial charge in [-0.15, -0.1) is 0 Å². The van der Waals surface area contributed by atoms with Crippen LogP contribution in [0.1, 0.15) is 20.7 Å². The van der Waals surface area contributed by atoms with E-state index in [0.717, 1.165) is 18.6 Å². The highest BCUT2D eigenvalue weighted by atomic mass is 35.5. The molecule has 1 saturated heterocycles. The second-order valence-electron chi connectivity index (χ2n) is 10.2. The lowest BCUT2D eigenvalue weighted by molar-refractivity contribution is 0.0684. The highest BCUT2D eigenvalue weighted by Crippen LogP contribution is 2.34. The van der Waals surface area contributed by atoms with Gasteiger partial charge in [0.15, 0.2) is 34.9 Å². The van der Waals surface area contributed by atoms with Crippen LogP contribution in [0.25, 0.3) is 27.6 Å². The number of hydrogen-bond acceptors (Lipinski definition) is 9. The number of anilines is 2. The van der Waals surface area contributed by atoms with E-state index in [1.165, 1.54) is 6.20 Å². The predicted octanol–water partition coefficient (Wildman–Crippen LogP) is 2.70. The van der Waals surface area contributed by atoms with E-state index >= 15 is 0 Å². The number of carbonyl (C=O) groups is 2. The highest BCUT2D eigenvalue weighted by Gasteiger charge is 2.28. The van der Waals surface area contributed by atoms with Crippen LogP contribution in [0.2, 0.25) is 5.02 Å². The van der Waals surface area contributed by atoms with Crippen LogP contribution in [-0.2, 0) is 0 Å². The lowest BCUT2D eigenvalue weighted by Gasteiger charge is -2.42. The van der Waals surface area contributed by atoms with Gasteiger partial charge in [0.1, 0.15) is 16.1 Å². The number of likely N-dealkylation sites (N-methyl/N-ethyl adjacent to an activating group) is 1. The Morgan fingerprint density at radius 1 is 0.957 bits per heavy atom. The molecule has 244 valence electrons. The van der Waals surface area contributed by atoms with Crippen LogP contribution in [0.5, 0.6) is 0 Å². The van der Waals surface area contributed by atoms with Gasteiger partial charge in [0.25, 0.3) is 0 Å². The fourth-order valence-electron chi connectivity index (χ4n) is 4.93. The van der Waals surface area contributed by atoms with E-state index in [1.807, 2.05) is 24.2 Å². The first-order valence-electron chi connectivity index (χ1n) is 13.3. The summed E-state index contributed by atoms with van der Waals surface area (Å²) in [7, 11) is 1.90. The number of aromatic nitrogens is 3. The van der Waals surface area contributed by atoms with Crippen LogP contribution in [0.15, 0.2) is 52.3 Å². The maximum absolute atomic E-state index is 14.2. The quantitative estimate of drug-likeness (QED) is 0.104. The average molecular weight is 676 g/mol. The van der Waals surface area contributed by atoms with Crippen molar-refractivity contribution in [3.8, 4) is 5.82 Å². The third-order valence-corrected chi connectivity index (χ3v) is 7.75. The van der Waals surface area contributed by atoms with Gasteiger partial charge in [-0.05, 0) is 19.2 Å². The SMILES string of the molecule is CNC1CN(n2cc(C(=O)O)c(=O)c3ccccc32)C1.Nc1nc(-n2cc(C(=O)O)c(=O)c3c(N)c(F)c(F)c(Cl)c32)c(F)cc1F. The second kappa shape index (κ2) is 12.3. The highest BCUT2D eigenvalue weighted by molar-refractivity contribution is 6.36. The molecule has 0 aliphatic carbocycles. The van der Waals surface area contributed by atoms with Crippen molar-refractivity contribution >= 4 is 56.9 Å². The molecule has 0 spiro atoms. The van der Waals surface area contributed by atoms with Crippen molar-refractivity contribution in [1.82, 2.24) is 19.5 Å². The minimum absolute atomic E-state index is 0.198. The van der Waals surface area contributed by atoms with E-state index in [-0.39, 0.29) is 5.56 Å². The van der Waals surface area contributed by atoms with Crippen molar-refractivity contribution in [2.45, 2.75) is 6.04 Å². The molecule has 0 radical (unpaired) electrons. The Balaban J connectivity index is 0.000000193. The zero-order chi connectivity index (χ0) is 34.5. The molecule has 0 amide bonds. The number of nitrogen functional groups attached to an aromatic ring is 2. The minimum Gasteiger partial charge on any atom is -0.477 e. The van der Waals surface area contributed by atoms with E-state index in [1.54, 1.807) is 16.8 Å². The maximum Gasteiger partial charge on any atom is 0.341 e. The second-order valence-corrected chi connectivity index (χ2v) is 10.6. The Morgan fingerprint density at radius 2 is 1.57 bits per heavy atom. The standard InChI is InChI=1S/C15H7ClF4N4O3.C14H15N3O3/c16-7-8(19)9(20)10(21)6-11(7)24(2-3(12(6)25)15(26)27)14-5(18)1-4(17)13(22)23-14;1-15-9-6-16(7-9)17-8-11(14(19)20)13(18)10-4-2-3-5-12(10)17/h1-2H,21H2,(H2,22,23)(H,26,27);2-5,8-9,15H,6-7H2,1H3,(H,19,20). The summed E-state index contributed by atoms with van der Waals surface area (Å²) in [6.45, 7) is 1.56. The first-order valence-corrected chi connectivity index (χ1v) is 13.7. The van der Waals surface area contributed by atoms with Crippen LogP contribution in [0.3, 0.4) is 0 Å². The number of nitrogens with one attached hydrogen (secondary N) is 1. The molecule has 7 N–H and O–H groups in total. The molecule has 0 saturated carbocycles. The predicted molar refractivity (Wildman–Crippen MR) is 164 cm³/mol. The summed E-state index contributed by atoms with van der Waals surface area (Å²) < 4.78 is 57.9. The zero-order valence-electron chi connectivity index (χ0n) is 23.9. The van der Waals surface area contributed by atoms with Crippen LogP contribution < -0.4 is 32.7 Å². The number of rotatable bonds is 5. The third kappa shape index (κ3) is 5.55. The molecule has 3 aromatic heterocycles. The number of pyridine rings is 3. The number of benzene rings is 2. The Kier molecular flexibility index (Phi) is 8.53. The summed E-state index contributed by atoms with van der Waals surface area (Å²) >= 11 is 5.75. The number of carboxylic acids is 2. The third-order valence-electron chi connectivity index (χ3n) is 7.40. The van der Waals surface area contributed by atoms with Crippen LogP contribution in [0, 0.1) is 23.3 Å². The van der Waals surface area contributed by atoms with E-state index in [9.17, 15) is 47.0 Å². The number of nitrogens with two attached hydrogens (primary N) is 2. The summed E-state index contributed by atoms with van der Waals surface area (Å²) in [5.74, 6) is -10.5. The van der Waals surface area contributed by atoms with Gasteiger partial charge >= 0.3 is 11.9 Å². The van der Waals surface area contributed by atoms with E-state index in [0.29, 0.717) is 28.3 Å². The number of aromatic carboxylic acids is 2. The lowest BCUT2D eigenvalue weighted by Crippen LogP contribution is -2.61. The molecular formula is C29H22ClF4N7O6. The van der Waals surface area contributed by atoms with E-state index in [2.05, 4.69) is 10.3 Å². The number of carboxylic acid groups (broad SMARTS) is 2. The summed E-state index contributed by atoms with van der Waals surface area (Å²) in [4.78, 5) is 50.5. The van der Waals surface area contributed by atoms with E-state index in [4.69, 9.17) is 23.1 Å². The molecule has 47 heavy (non-hydrogen) atoms. The number of fused-ring (bicyclic) bond motifs is 2. The fraction of sp³-hybridized carbons (Fsp3) is 0.138. The molecule has 5 aromatic rings. The number of para-hydroxylation sites is 1. The van der Waals surface area contributed by atoms with Crippen LogP contribution in [-0.4, -0.2) is 62.6 Å². The fourth-order valence-corrected chi connectivity index (χ4v) is 5.20. The van der Waals surface area contributed by atoms with Gasteiger partial charge in [0, 0.05) is 29.9 Å². The normalized spacial score (nSPS) is 12.9. The van der Waals surface area contributed by atoms with Gasteiger partial charge in [-0.3, -0.25) is 18.8 Å². The molecule has 13 nitrogen and oxygen atoms in total. The lowest BCUT2D eigenvalue weighted by atomic mass is 10.1. The Labute approximate surface area is 264 Å². The molecular weight excluding hydrogens is 654 g/mol. The number of halogens is 5. The summed E-state index contributed by atoms with van der Waals surface area (Å²) in [5.41, 5.74) is 6.84. The van der Waals surface area contributed by atoms with E-state index < -0.39 is 84.9 Å². The van der Waals surface area contributed by atoms with Crippen molar-refractivity contribution in [3.63, 3.8) is 0 Å². The Hall–Kier alpha value is -5.68. The van der Waals surface area contributed by atoms with Crippen molar-refractivity contribution in [2.75, 3.05) is 36.6 Å². The van der Waals surface area contributed by atoms with Crippen LogP contribution in [0.4, 0.5) is 29.1 Å². The first-order chi connectivity index (χ1) is 22.2. The van der Waals surface area contributed by atoms with Gasteiger partial charge in [0.2, 0.25) is 10.9 Å². The maximum atomic E-state index is 14.2.